The third kappa shape index (κ3) is 1.46. The summed E-state index contributed by atoms with van der Waals surface area (Å²) in [5, 5.41) is 0.761. The molecular formula is C10H8F2N2. The minimum Gasteiger partial charge on any atom is -0.185 e. The van der Waals surface area contributed by atoms with Crippen molar-refractivity contribution in [2.75, 3.05) is 0 Å². The quantitative estimate of drug-likeness (QED) is 0.547. The molecule has 72 valence electrons. The Morgan fingerprint density at radius 1 is 0.714 bits per heavy atom. The highest BCUT2D eigenvalue weighted by atomic mass is 19.2. The maximum atomic E-state index is 13.2. The van der Waals surface area contributed by atoms with Gasteiger partial charge in [0.15, 0.2) is 0 Å². The predicted molar refractivity (Wildman–Crippen MR) is 49.5 cm³/mol. The van der Waals surface area contributed by atoms with Gasteiger partial charge >= 0.3 is 0 Å². The monoisotopic (exact) mass is 194 g/mol. The van der Waals surface area contributed by atoms with Crippen LogP contribution in [-0.4, -0.2) is 10.2 Å². The normalized spacial score (nSPS) is 25.0. The van der Waals surface area contributed by atoms with E-state index in [2.05, 4.69) is 0 Å². The Hall–Kier alpha value is -1.84. The second kappa shape index (κ2) is 3.49. The van der Waals surface area contributed by atoms with E-state index in [0.29, 0.717) is 10.2 Å². The summed E-state index contributed by atoms with van der Waals surface area (Å²) in [5.74, 6) is 0. The van der Waals surface area contributed by atoms with Crippen molar-refractivity contribution in [1.29, 1.82) is 0 Å². The molecule has 0 atom stereocenters. The SMILES string of the molecule is FN1C=CC=CC1=C1C=CC=CN1F. The fraction of sp³-hybridized carbons (Fsp3) is 0. The molecule has 0 saturated heterocycles. The van der Waals surface area contributed by atoms with Gasteiger partial charge in [-0.1, -0.05) is 21.1 Å². The lowest BCUT2D eigenvalue weighted by Gasteiger charge is -2.20. The Bertz CT molecular complexity index is 342. The van der Waals surface area contributed by atoms with Gasteiger partial charge in [-0.2, -0.15) is 10.2 Å². The van der Waals surface area contributed by atoms with Crippen LogP contribution < -0.4 is 0 Å². The van der Waals surface area contributed by atoms with Gasteiger partial charge in [0.1, 0.15) is 11.4 Å². The molecule has 0 aliphatic carbocycles. The molecule has 0 radical (unpaired) electrons. The molecule has 2 aliphatic heterocycles. The van der Waals surface area contributed by atoms with E-state index in [0.717, 1.165) is 0 Å². The minimum atomic E-state index is 0.176. The van der Waals surface area contributed by atoms with Gasteiger partial charge in [-0.15, -0.1) is 0 Å². The van der Waals surface area contributed by atoms with E-state index < -0.39 is 0 Å². The molecular weight excluding hydrogens is 186 g/mol. The molecule has 14 heavy (non-hydrogen) atoms. The van der Waals surface area contributed by atoms with E-state index in [4.69, 9.17) is 0 Å². The van der Waals surface area contributed by atoms with Gasteiger partial charge in [0.25, 0.3) is 0 Å². The van der Waals surface area contributed by atoms with E-state index in [1.807, 2.05) is 0 Å². The average Bonchev–Trinajstić information content (AvgIpc) is 2.20. The average molecular weight is 194 g/mol. The first-order valence-electron chi connectivity index (χ1n) is 4.13. The maximum Gasteiger partial charge on any atom is 0.100 e. The second-order valence-electron chi connectivity index (χ2n) is 2.79. The maximum absolute atomic E-state index is 13.2. The van der Waals surface area contributed by atoms with Crippen LogP contribution in [-0.2, 0) is 0 Å². The minimum absolute atomic E-state index is 0.176. The molecule has 2 heterocycles. The van der Waals surface area contributed by atoms with Gasteiger partial charge in [-0.3, -0.25) is 0 Å². The van der Waals surface area contributed by atoms with Crippen LogP contribution in [0.1, 0.15) is 0 Å². The molecule has 2 rings (SSSR count). The van der Waals surface area contributed by atoms with Crippen LogP contribution in [0.3, 0.4) is 0 Å². The summed E-state index contributed by atoms with van der Waals surface area (Å²) in [6.07, 6.45) is 11.8. The molecule has 0 bridgehead atoms. The largest absolute Gasteiger partial charge is 0.185 e. The predicted octanol–water partition coefficient (Wildman–Crippen LogP) is 2.74. The number of hydrogen-bond acceptors (Lipinski definition) is 2. The van der Waals surface area contributed by atoms with E-state index in [1.54, 1.807) is 12.2 Å². The summed E-state index contributed by atoms with van der Waals surface area (Å²) < 4.78 is 26.4. The van der Waals surface area contributed by atoms with Crippen molar-refractivity contribution in [3.05, 3.63) is 60.3 Å². The molecule has 0 aromatic heterocycles. The number of hydrogen-bond donors (Lipinski definition) is 0. The second-order valence-corrected chi connectivity index (χ2v) is 2.79. The first-order chi connectivity index (χ1) is 6.79. The first kappa shape index (κ1) is 8.74. The lowest BCUT2D eigenvalue weighted by molar-refractivity contribution is 0.109. The van der Waals surface area contributed by atoms with Gasteiger partial charge in [0.2, 0.25) is 0 Å². The number of halogens is 2. The Balaban J connectivity index is 2.39. The van der Waals surface area contributed by atoms with E-state index in [9.17, 15) is 8.96 Å². The molecule has 0 aromatic carbocycles. The molecule has 0 amide bonds. The lowest BCUT2D eigenvalue weighted by Crippen LogP contribution is -2.15. The highest BCUT2D eigenvalue weighted by Crippen LogP contribution is 2.23. The summed E-state index contributed by atoms with van der Waals surface area (Å²) in [4.78, 5) is 0. The van der Waals surface area contributed by atoms with Crippen molar-refractivity contribution < 1.29 is 8.96 Å². The zero-order valence-corrected chi connectivity index (χ0v) is 7.27. The van der Waals surface area contributed by atoms with Gasteiger partial charge in [-0.05, 0) is 24.3 Å². The van der Waals surface area contributed by atoms with Crippen LogP contribution >= 0.6 is 0 Å². The van der Waals surface area contributed by atoms with Crippen molar-refractivity contribution in [3.63, 3.8) is 0 Å². The van der Waals surface area contributed by atoms with Crippen LogP contribution in [0.4, 0.5) is 8.96 Å². The molecule has 0 unspecified atom stereocenters. The standard InChI is InChI=1S/C10H8F2N2/c11-13-7-3-1-5-9(13)10-6-2-4-8-14(10)12/h1-8H. The topological polar surface area (TPSA) is 6.48 Å². The fourth-order valence-electron chi connectivity index (χ4n) is 1.24. The van der Waals surface area contributed by atoms with Gasteiger partial charge in [0.05, 0.1) is 0 Å². The Labute approximate surface area is 80.3 Å². The molecule has 0 spiro atoms. The fourth-order valence-corrected chi connectivity index (χ4v) is 1.24. The zero-order valence-electron chi connectivity index (χ0n) is 7.27. The van der Waals surface area contributed by atoms with Crippen molar-refractivity contribution in [3.8, 4) is 0 Å². The van der Waals surface area contributed by atoms with Crippen molar-refractivity contribution in [1.82, 2.24) is 10.2 Å². The summed E-state index contributed by atoms with van der Waals surface area (Å²) in [5.41, 5.74) is 0.353. The molecule has 2 nitrogen and oxygen atoms in total. The van der Waals surface area contributed by atoms with Crippen LogP contribution in [0.2, 0.25) is 0 Å². The molecule has 0 aromatic rings. The van der Waals surface area contributed by atoms with Crippen molar-refractivity contribution >= 4 is 0 Å². The summed E-state index contributed by atoms with van der Waals surface area (Å²) >= 11 is 0. The van der Waals surface area contributed by atoms with Gasteiger partial charge < -0.3 is 0 Å². The Kier molecular flexibility index (Phi) is 2.18. The van der Waals surface area contributed by atoms with Crippen LogP contribution in [0.5, 0.6) is 0 Å². The molecule has 0 N–H and O–H groups in total. The number of nitrogens with zero attached hydrogens (tertiary/aromatic N) is 2. The Morgan fingerprint density at radius 3 is 1.50 bits per heavy atom. The van der Waals surface area contributed by atoms with E-state index in [-0.39, 0.29) is 11.4 Å². The van der Waals surface area contributed by atoms with Crippen LogP contribution in [0, 0.1) is 0 Å². The molecule has 0 saturated carbocycles. The summed E-state index contributed by atoms with van der Waals surface area (Å²) in [7, 11) is 0. The van der Waals surface area contributed by atoms with E-state index >= 15 is 0 Å². The van der Waals surface area contributed by atoms with Crippen molar-refractivity contribution in [2.45, 2.75) is 0 Å². The van der Waals surface area contributed by atoms with E-state index in [1.165, 1.54) is 36.7 Å². The van der Waals surface area contributed by atoms with Crippen molar-refractivity contribution in [2.24, 2.45) is 0 Å². The molecule has 2 aliphatic rings. The summed E-state index contributed by atoms with van der Waals surface area (Å²) in [6, 6.07) is 0. The zero-order chi connectivity index (χ0) is 9.97. The molecule has 4 heteroatoms. The van der Waals surface area contributed by atoms with Crippen LogP contribution in [0.15, 0.2) is 60.3 Å². The smallest absolute Gasteiger partial charge is 0.100 e. The molecule has 0 fully saturated rings. The third-order valence-corrected chi connectivity index (χ3v) is 1.89. The Morgan fingerprint density at radius 2 is 1.14 bits per heavy atom. The number of allylic oxidation sites excluding steroid dienone is 6. The first-order valence-corrected chi connectivity index (χ1v) is 4.13. The number of rotatable bonds is 0. The highest BCUT2D eigenvalue weighted by Gasteiger charge is 2.15. The van der Waals surface area contributed by atoms with Crippen LogP contribution in [0.25, 0.3) is 0 Å². The summed E-state index contributed by atoms with van der Waals surface area (Å²) in [6.45, 7) is 0. The van der Waals surface area contributed by atoms with Gasteiger partial charge in [0, 0.05) is 12.4 Å². The van der Waals surface area contributed by atoms with Gasteiger partial charge in [-0.25, -0.2) is 0 Å². The third-order valence-electron chi connectivity index (χ3n) is 1.89. The lowest BCUT2D eigenvalue weighted by atomic mass is 10.2. The highest BCUT2D eigenvalue weighted by molar-refractivity contribution is 5.38.